The van der Waals surface area contributed by atoms with Crippen LogP contribution in [0.15, 0.2) is 116 Å². The number of alkyl carbamates (subject to hydrolysis) is 1. The molecule has 2 N–H and O–H groups in total. The summed E-state index contributed by atoms with van der Waals surface area (Å²) in [5.41, 5.74) is 7.21. The minimum atomic E-state index is -0.546. The Hall–Kier alpha value is -4.27. The summed E-state index contributed by atoms with van der Waals surface area (Å²) in [6.45, 7) is 9.26. The van der Waals surface area contributed by atoms with Crippen LogP contribution in [0.25, 0.3) is 11.1 Å². The Labute approximate surface area is 272 Å². The van der Waals surface area contributed by atoms with Crippen molar-refractivity contribution >= 4 is 6.09 Å². The van der Waals surface area contributed by atoms with Crippen molar-refractivity contribution in [1.29, 1.82) is 0 Å². The largest absolute Gasteiger partial charge is 0.445 e. The lowest BCUT2D eigenvalue weighted by Gasteiger charge is -2.43. The second-order valence-electron chi connectivity index (χ2n) is 11.9. The number of carbonyl (C=O) groups is 1. The van der Waals surface area contributed by atoms with Crippen molar-refractivity contribution in [2.75, 3.05) is 20.2 Å². The molecule has 1 saturated heterocycles. The molecular formula is C39H44N2O5. The van der Waals surface area contributed by atoms with Crippen molar-refractivity contribution in [3.63, 3.8) is 0 Å². The van der Waals surface area contributed by atoms with Crippen LogP contribution >= 0.6 is 0 Å². The van der Waals surface area contributed by atoms with Gasteiger partial charge in [0.2, 0.25) is 0 Å². The zero-order chi connectivity index (χ0) is 32.5. The molecule has 1 fully saturated rings. The number of nitrogens with one attached hydrogen (secondary N) is 1. The van der Waals surface area contributed by atoms with Gasteiger partial charge in [0.25, 0.3) is 0 Å². The standard InChI is InChI=1S/C39H44N2O5/c1-5-22-44-39(43)40-24-30-10-9-13-35(23-30)32-18-20-34(21-19-32)38-45-36(25-41(4)28(3)31-11-7-6-8-12-31)27(2)37(46-38)33-16-14-29(26-42)15-17-33/h5-21,23,27-28,36-38,42H,1,22,24-26H2,2-4H3,(H,40,43)/t27-,28-,36+,37+,38+/m0/s1. The summed E-state index contributed by atoms with van der Waals surface area (Å²) in [6, 6.07) is 35.1. The highest BCUT2D eigenvalue weighted by atomic mass is 16.7. The second kappa shape index (κ2) is 15.8. The first-order valence-corrected chi connectivity index (χ1v) is 15.8. The number of likely N-dealkylation sites (N-methyl/N-ethyl adjacent to an activating group) is 1. The number of carbonyl (C=O) groups excluding carboxylic acids is 1. The summed E-state index contributed by atoms with van der Waals surface area (Å²) in [6.07, 6.45) is 0.251. The monoisotopic (exact) mass is 620 g/mol. The summed E-state index contributed by atoms with van der Waals surface area (Å²) < 4.78 is 18.4. The van der Waals surface area contributed by atoms with Gasteiger partial charge >= 0.3 is 6.09 Å². The van der Waals surface area contributed by atoms with E-state index in [2.05, 4.69) is 98.4 Å². The van der Waals surface area contributed by atoms with Crippen LogP contribution in [0.4, 0.5) is 4.79 Å². The third kappa shape index (κ3) is 8.30. The molecule has 4 aromatic carbocycles. The van der Waals surface area contributed by atoms with Crippen LogP contribution in [0.3, 0.4) is 0 Å². The highest BCUT2D eigenvalue weighted by molar-refractivity contribution is 5.68. The fourth-order valence-corrected chi connectivity index (χ4v) is 5.81. The molecule has 5 rings (SSSR count). The first kappa shape index (κ1) is 33.1. The van der Waals surface area contributed by atoms with Gasteiger partial charge in [-0.25, -0.2) is 4.79 Å². The molecule has 1 aliphatic rings. The molecule has 0 aliphatic carbocycles. The van der Waals surface area contributed by atoms with E-state index in [1.54, 1.807) is 0 Å². The van der Waals surface area contributed by atoms with E-state index in [0.29, 0.717) is 6.54 Å². The Morgan fingerprint density at radius 3 is 2.35 bits per heavy atom. The van der Waals surface area contributed by atoms with Gasteiger partial charge in [-0.1, -0.05) is 117 Å². The van der Waals surface area contributed by atoms with Gasteiger partial charge < -0.3 is 24.6 Å². The number of aliphatic hydroxyl groups is 1. The second-order valence-corrected chi connectivity index (χ2v) is 11.9. The quantitative estimate of drug-likeness (QED) is 0.158. The number of aliphatic hydroxyl groups excluding tert-OH is 1. The first-order valence-electron chi connectivity index (χ1n) is 15.8. The Balaban J connectivity index is 1.34. The number of rotatable bonds is 12. The van der Waals surface area contributed by atoms with Crippen molar-refractivity contribution in [2.24, 2.45) is 5.92 Å². The van der Waals surface area contributed by atoms with Crippen molar-refractivity contribution in [3.05, 3.63) is 144 Å². The van der Waals surface area contributed by atoms with Gasteiger partial charge in [0, 0.05) is 30.6 Å². The molecule has 4 aromatic rings. The van der Waals surface area contributed by atoms with E-state index in [1.807, 2.05) is 42.5 Å². The number of hydrogen-bond acceptors (Lipinski definition) is 6. The number of nitrogens with zero attached hydrogens (tertiary/aromatic N) is 1. The fourth-order valence-electron chi connectivity index (χ4n) is 5.81. The molecule has 0 bridgehead atoms. The maximum absolute atomic E-state index is 11.8. The number of amides is 1. The van der Waals surface area contributed by atoms with Crippen LogP contribution in [-0.2, 0) is 27.4 Å². The zero-order valence-corrected chi connectivity index (χ0v) is 26.8. The van der Waals surface area contributed by atoms with Crippen LogP contribution < -0.4 is 5.32 Å². The van der Waals surface area contributed by atoms with E-state index in [9.17, 15) is 9.90 Å². The lowest BCUT2D eigenvalue weighted by atomic mass is 9.89. The van der Waals surface area contributed by atoms with Gasteiger partial charge in [-0.2, -0.15) is 0 Å². The lowest BCUT2D eigenvalue weighted by Crippen LogP contribution is -2.44. The molecule has 0 unspecified atom stereocenters. The highest BCUT2D eigenvalue weighted by Crippen LogP contribution is 2.42. The molecule has 46 heavy (non-hydrogen) atoms. The Morgan fingerprint density at radius 2 is 1.65 bits per heavy atom. The van der Waals surface area contributed by atoms with E-state index in [4.69, 9.17) is 14.2 Å². The molecule has 1 amide bonds. The summed E-state index contributed by atoms with van der Waals surface area (Å²) in [7, 11) is 2.14. The molecule has 0 spiro atoms. The average Bonchev–Trinajstić information content (AvgIpc) is 3.11. The normalized spacial score (nSPS) is 20.2. The highest BCUT2D eigenvalue weighted by Gasteiger charge is 2.39. The van der Waals surface area contributed by atoms with Crippen LogP contribution in [0, 0.1) is 5.92 Å². The van der Waals surface area contributed by atoms with Gasteiger partial charge in [0.05, 0.1) is 18.8 Å². The van der Waals surface area contributed by atoms with Crippen molar-refractivity contribution in [1.82, 2.24) is 10.2 Å². The number of ether oxygens (including phenoxy) is 3. The van der Waals surface area contributed by atoms with E-state index in [0.717, 1.165) is 39.9 Å². The SMILES string of the molecule is C=CCOC(=O)NCc1cccc(-c2ccc([C@@H]3O[C@H](CN(C)[C@@H](C)c4ccccc4)[C@H](C)[C@H](c4ccc(CO)cc4)O3)cc2)c1. The van der Waals surface area contributed by atoms with Crippen LogP contribution in [0.1, 0.15) is 60.1 Å². The summed E-state index contributed by atoms with van der Waals surface area (Å²) in [5.74, 6) is 0.0892. The maximum atomic E-state index is 11.8. The molecule has 0 saturated carbocycles. The topological polar surface area (TPSA) is 80.3 Å². The molecule has 7 heteroatoms. The van der Waals surface area contributed by atoms with Gasteiger partial charge in [0.1, 0.15) is 6.61 Å². The van der Waals surface area contributed by atoms with E-state index in [-0.39, 0.29) is 37.4 Å². The first-order chi connectivity index (χ1) is 22.4. The maximum Gasteiger partial charge on any atom is 0.407 e. The zero-order valence-electron chi connectivity index (χ0n) is 26.8. The third-order valence-electron chi connectivity index (χ3n) is 8.75. The summed E-state index contributed by atoms with van der Waals surface area (Å²) in [5, 5.41) is 12.4. The average molecular weight is 621 g/mol. The molecule has 0 aromatic heterocycles. The van der Waals surface area contributed by atoms with Gasteiger partial charge in [-0.05, 0) is 53.4 Å². The molecular weight excluding hydrogens is 576 g/mol. The minimum absolute atomic E-state index is 0.00588. The van der Waals surface area contributed by atoms with E-state index < -0.39 is 12.4 Å². The van der Waals surface area contributed by atoms with Crippen molar-refractivity contribution in [2.45, 2.75) is 51.5 Å². The summed E-state index contributed by atoms with van der Waals surface area (Å²) >= 11 is 0. The minimum Gasteiger partial charge on any atom is -0.445 e. The van der Waals surface area contributed by atoms with Gasteiger partial charge in [-0.15, -0.1) is 0 Å². The van der Waals surface area contributed by atoms with Crippen molar-refractivity contribution < 1.29 is 24.1 Å². The predicted molar refractivity (Wildman–Crippen MR) is 181 cm³/mol. The summed E-state index contributed by atoms with van der Waals surface area (Å²) in [4.78, 5) is 14.2. The number of benzene rings is 4. The van der Waals surface area contributed by atoms with Crippen molar-refractivity contribution in [3.8, 4) is 11.1 Å². The number of hydrogen-bond donors (Lipinski definition) is 2. The molecule has 7 nitrogen and oxygen atoms in total. The van der Waals surface area contributed by atoms with Crippen LogP contribution in [-0.4, -0.2) is 42.4 Å². The fraction of sp³-hybridized carbons (Fsp3) is 0.308. The molecule has 1 heterocycles. The molecule has 5 atom stereocenters. The van der Waals surface area contributed by atoms with Crippen LogP contribution in [0.2, 0.25) is 0 Å². The molecule has 1 aliphatic heterocycles. The van der Waals surface area contributed by atoms with Crippen LogP contribution in [0.5, 0.6) is 0 Å². The lowest BCUT2D eigenvalue weighted by molar-refractivity contribution is -0.276. The Kier molecular flexibility index (Phi) is 11.4. The molecule has 0 radical (unpaired) electrons. The molecule has 240 valence electrons. The third-order valence-corrected chi connectivity index (χ3v) is 8.75. The van der Waals surface area contributed by atoms with E-state index >= 15 is 0 Å². The predicted octanol–water partition coefficient (Wildman–Crippen LogP) is 7.74. The van der Waals surface area contributed by atoms with Gasteiger partial charge in [-0.3, -0.25) is 4.90 Å². The van der Waals surface area contributed by atoms with Gasteiger partial charge in [0.15, 0.2) is 6.29 Å². The smallest absolute Gasteiger partial charge is 0.407 e. The Bertz CT molecular complexity index is 1560. The van der Waals surface area contributed by atoms with E-state index in [1.165, 1.54) is 11.6 Å². The Morgan fingerprint density at radius 1 is 0.935 bits per heavy atom.